The summed E-state index contributed by atoms with van der Waals surface area (Å²) in [7, 11) is -3.99. The monoisotopic (exact) mass is 192 g/mol. The molecule has 1 atom stereocenters. The van der Waals surface area contributed by atoms with Gasteiger partial charge in [0.05, 0.1) is 0 Å². The van der Waals surface area contributed by atoms with E-state index in [9.17, 15) is 17.7 Å². The third-order valence-corrected chi connectivity index (χ3v) is 2.16. The smallest absolute Gasteiger partial charge is 0.324 e. The fraction of sp³-hybridized carbons (Fsp3) is 1.00. The van der Waals surface area contributed by atoms with Crippen LogP contribution < -0.4 is 0 Å². The average molecular weight is 192 g/mol. The van der Waals surface area contributed by atoms with Gasteiger partial charge in [-0.25, -0.2) is 0 Å². The van der Waals surface area contributed by atoms with Crippen LogP contribution in [0.1, 0.15) is 6.92 Å². The molecule has 11 heavy (non-hydrogen) atoms. The first-order chi connectivity index (χ1) is 4.77. The largest absolute Gasteiger partial charge is 0.412 e. The molecule has 0 aromatic carbocycles. The number of hydrogen-bond donors (Lipinski definition) is 1. The molecule has 0 aromatic heterocycles. The highest BCUT2D eigenvalue weighted by Crippen LogP contribution is 2.42. The van der Waals surface area contributed by atoms with E-state index in [0.29, 0.717) is 0 Å². The standard InChI is InChI=1S/C4H8F3O3P/c1-2-11(8,9)10-3-4(5,6)7/h2-3H2,1H3,(H,8,9). The lowest BCUT2D eigenvalue weighted by Crippen LogP contribution is -2.16. The molecule has 0 aliphatic rings. The number of halogens is 3. The normalized spacial score (nSPS) is 17.9. The molecule has 0 aliphatic carbocycles. The van der Waals surface area contributed by atoms with Crippen LogP contribution in [0, 0.1) is 0 Å². The Morgan fingerprint density at radius 3 is 2.27 bits per heavy atom. The van der Waals surface area contributed by atoms with Gasteiger partial charge >= 0.3 is 13.8 Å². The third kappa shape index (κ3) is 6.34. The van der Waals surface area contributed by atoms with Crippen molar-refractivity contribution in [1.29, 1.82) is 0 Å². The molecule has 7 heteroatoms. The highest BCUT2D eigenvalue weighted by molar-refractivity contribution is 7.52. The quantitative estimate of drug-likeness (QED) is 0.693. The van der Waals surface area contributed by atoms with E-state index >= 15 is 0 Å². The van der Waals surface area contributed by atoms with Crippen molar-refractivity contribution in [3.63, 3.8) is 0 Å². The maximum Gasteiger partial charge on any atom is 0.412 e. The van der Waals surface area contributed by atoms with Gasteiger partial charge in [-0.1, -0.05) is 6.92 Å². The van der Waals surface area contributed by atoms with Gasteiger partial charge in [0.15, 0.2) is 6.61 Å². The van der Waals surface area contributed by atoms with Gasteiger partial charge < -0.3 is 4.89 Å². The lowest BCUT2D eigenvalue weighted by atomic mass is 10.7. The molecule has 0 radical (unpaired) electrons. The number of alkyl halides is 3. The molecular formula is C4H8F3O3P. The van der Waals surface area contributed by atoms with Crippen LogP contribution in [-0.2, 0) is 9.09 Å². The predicted octanol–water partition coefficient (Wildman–Crippen LogP) is 1.77. The molecule has 0 amide bonds. The lowest BCUT2D eigenvalue weighted by Gasteiger charge is -2.11. The Morgan fingerprint density at radius 1 is 1.55 bits per heavy atom. The molecule has 0 saturated carbocycles. The topological polar surface area (TPSA) is 46.5 Å². The van der Waals surface area contributed by atoms with Gasteiger partial charge in [0.25, 0.3) is 0 Å². The van der Waals surface area contributed by atoms with Crippen molar-refractivity contribution in [1.82, 2.24) is 0 Å². The van der Waals surface area contributed by atoms with Crippen molar-refractivity contribution in [3.05, 3.63) is 0 Å². The fourth-order valence-corrected chi connectivity index (χ4v) is 0.796. The molecule has 3 nitrogen and oxygen atoms in total. The Balaban J connectivity index is 3.80. The van der Waals surface area contributed by atoms with Crippen LogP contribution in [0.2, 0.25) is 0 Å². The van der Waals surface area contributed by atoms with Crippen molar-refractivity contribution in [3.8, 4) is 0 Å². The maximum absolute atomic E-state index is 11.4. The molecule has 68 valence electrons. The molecule has 1 unspecified atom stereocenters. The minimum absolute atomic E-state index is 0.316. The van der Waals surface area contributed by atoms with Gasteiger partial charge in [-0.15, -0.1) is 0 Å². The van der Waals surface area contributed by atoms with Crippen LogP contribution in [0.25, 0.3) is 0 Å². The first kappa shape index (κ1) is 10.9. The lowest BCUT2D eigenvalue weighted by molar-refractivity contribution is -0.154. The van der Waals surface area contributed by atoms with Crippen molar-refractivity contribution in [2.45, 2.75) is 13.1 Å². The van der Waals surface area contributed by atoms with E-state index in [1.165, 1.54) is 6.92 Å². The first-order valence-corrected chi connectivity index (χ1v) is 4.56. The molecule has 0 aromatic rings. The average Bonchev–Trinajstić information content (AvgIpc) is 1.83. The summed E-state index contributed by atoms with van der Waals surface area (Å²) in [5.41, 5.74) is 0. The summed E-state index contributed by atoms with van der Waals surface area (Å²) in [6.45, 7) is -0.397. The molecule has 0 rings (SSSR count). The van der Waals surface area contributed by atoms with E-state index in [-0.39, 0.29) is 6.16 Å². The van der Waals surface area contributed by atoms with Crippen molar-refractivity contribution in [2.75, 3.05) is 12.8 Å². The summed E-state index contributed by atoms with van der Waals surface area (Å²) in [5, 5.41) is 0. The number of hydrogen-bond acceptors (Lipinski definition) is 2. The fourth-order valence-electron chi connectivity index (χ4n) is 0.265. The van der Waals surface area contributed by atoms with E-state index in [1.807, 2.05) is 0 Å². The summed E-state index contributed by atoms with van der Waals surface area (Å²) < 4.78 is 48.3. The van der Waals surface area contributed by atoms with Gasteiger partial charge in [0.1, 0.15) is 0 Å². The molecule has 1 N–H and O–H groups in total. The highest BCUT2D eigenvalue weighted by atomic mass is 31.2. The maximum atomic E-state index is 11.4. The van der Waals surface area contributed by atoms with Gasteiger partial charge in [-0.3, -0.25) is 9.09 Å². The summed E-state index contributed by atoms with van der Waals surface area (Å²) >= 11 is 0. The van der Waals surface area contributed by atoms with E-state index in [4.69, 9.17) is 4.89 Å². The van der Waals surface area contributed by atoms with E-state index < -0.39 is 20.4 Å². The SMILES string of the molecule is CCP(=O)(O)OCC(F)(F)F. The minimum atomic E-state index is -4.55. The predicted molar refractivity (Wildman–Crippen MR) is 32.4 cm³/mol. The van der Waals surface area contributed by atoms with Gasteiger partial charge in [0.2, 0.25) is 0 Å². The van der Waals surface area contributed by atoms with Crippen LogP contribution in [0.5, 0.6) is 0 Å². The van der Waals surface area contributed by atoms with Crippen molar-refractivity contribution in [2.24, 2.45) is 0 Å². The summed E-state index contributed by atoms with van der Waals surface area (Å²) in [6.07, 6.45) is -4.86. The molecule has 0 spiro atoms. The van der Waals surface area contributed by atoms with Crippen LogP contribution in [-0.4, -0.2) is 23.8 Å². The first-order valence-electron chi connectivity index (χ1n) is 2.80. The van der Waals surface area contributed by atoms with Crippen molar-refractivity contribution >= 4 is 7.60 Å². The van der Waals surface area contributed by atoms with Crippen LogP contribution >= 0.6 is 7.60 Å². The second kappa shape index (κ2) is 3.56. The zero-order valence-electron chi connectivity index (χ0n) is 5.76. The summed E-state index contributed by atoms with van der Waals surface area (Å²) in [4.78, 5) is 8.52. The van der Waals surface area contributed by atoms with Crippen molar-refractivity contribution < 1.29 is 27.2 Å². The Bertz CT molecular complexity index is 166. The Kier molecular flexibility index (Phi) is 3.54. The second-order valence-electron chi connectivity index (χ2n) is 1.84. The van der Waals surface area contributed by atoms with Crippen LogP contribution in [0.4, 0.5) is 13.2 Å². The zero-order chi connectivity index (χ0) is 9.12. The third-order valence-electron chi connectivity index (χ3n) is 0.830. The van der Waals surface area contributed by atoms with Crippen LogP contribution in [0.15, 0.2) is 0 Å². The Labute approximate surface area is 61.7 Å². The van der Waals surface area contributed by atoms with E-state index in [1.54, 1.807) is 0 Å². The number of rotatable bonds is 3. The molecule has 0 heterocycles. The second-order valence-corrected chi connectivity index (χ2v) is 4.01. The molecule has 0 fully saturated rings. The van der Waals surface area contributed by atoms with E-state index in [0.717, 1.165) is 0 Å². The highest BCUT2D eigenvalue weighted by Gasteiger charge is 2.31. The minimum Gasteiger partial charge on any atom is -0.324 e. The van der Waals surface area contributed by atoms with Crippen LogP contribution in [0.3, 0.4) is 0 Å². The molecule has 0 saturated heterocycles. The summed E-state index contributed by atoms with van der Waals surface area (Å²) in [5.74, 6) is 0. The zero-order valence-corrected chi connectivity index (χ0v) is 6.65. The Hall–Kier alpha value is -0.0600. The van der Waals surface area contributed by atoms with Gasteiger partial charge in [0, 0.05) is 6.16 Å². The molecular weight excluding hydrogens is 184 g/mol. The van der Waals surface area contributed by atoms with Gasteiger partial charge in [-0.05, 0) is 0 Å². The molecule has 0 aliphatic heterocycles. The van der Waals surface area contributed by atoms with Gasteiger partial charge in [-0.2, -0.15) is 13.2 Å². The molecule has 0 bridgehead atoms. The van der Waals surface area contributed by atoms with E-state index in [2.05, 4.69) is 4.52 Å². The summed E-state index contributed by atoms with van der Waals surface area (Å²) in [6, 6.07) is 0. The Morgan fingerprint density at radius 2 is 2.00 bits per heavy atom.